The SMILES string of the molecule is CCCNC(=O)C(C)N(Cc1c(Cl)cccc1Cl)C(=O)CN(c1ccc(F)cc1)S(=O)(=O)c1ccc(OCC)cc1. The fourth-order valence-corrected chi connectivity index (χ4v) is 5.90. The first-order valence-electron chi connectivity index (χ1n) is 13.0. The summed E-state index contributed by atoms with van der Waals surface area (Å²) in [6.45, 7) is 5.19. The molecule has 0 aliphatic rings. The van der Waals surface area contributed by atoms with Crippen molar-refractivity contribution in [1.82, 2.24) is 10.2 Å². The number of amides is 2. The molecule has 12 heteroatoms. The Balaban J connectivity index is 2.04. The molecule has 8 nitrogen and oxygen atoms in total. The summed E-state index contributed by atoms with van der Waals surface area (Å²) in [5.74, 6) is -1.22. The Morgan fingerprint density at radius 2 is 1.59 bits per heavy atom. The Bertz CT molecular complexity index is 1430. The van der Waals surface area contributed by atoms with Gasteiger partial charge in [-0.2, -0.15) is 0 Å². The van der Waals surface area contributed by atoms with E-state index in [-0.39, 0.29) is 27.2 Å². The van der Waals surface area contributed by atoms with Gasteiger partial charge in [-0.05, 0) is 80.9 Å². The van der Waals surface area contributed by atoms with Crippen molar-refractivity contribution in [1.29, 1.82) is 0 Å². The summed E-state index contributed by atoms with van der Waals surface area (Å²) in [5, 5.41) is 3.33. The lowest BCUT2D eigenvalue weighted by atomic mass is 10.1. The summed E-state index contributed by atoms with van der Waals surface area (Å²) in [7, 11) is -4.32. The fourth-order valence-electron chi connectivity index (χ4n) is 3.97. The molecule has 0 saturated heterocycles. The maximum Gasteiger partial charge on any atom is 0.264 e. The zero-order valence-electron chi connectivity index (χ0n) is 22.9. The van der Waals surface area contributed by atoms with Crippen LogP contribution in [-0.4, -0.2) is 50.9 Å². The van der Waals surface area contributed by atoms with E-state index in [2.05, 4.69) is 5.32 Å². The van der Waals surface area contributed by atoms with Crippen molar-refractivity contribution in [3.05, 3.63) is 88.2 Å². The molecule has 1 atom stereocenters. The minimum atomic E-state index is -4.32. The molecule has 220 valence electrons. The predicted octanol–water partition coefficient (Wildman–Crippen LogP) is 5.67. The standard InChI is InChI=1S/C29H32Cl2FN3O5S/c1-4-17-33-29(37)20(3)34(18-25-26(30)7-6-8-27(25)31)28(36)19-35(22-11-9-21(32)10-12-22)41(38,39)24-15-13-23(14-16-24)40-5-2/h6-16,20H,4-5,17-19H2,1-3H3,(H,33,37). The van der Waals surface area contributed by atoms with Crippen LogP contribution in [0.25, 0.3) is 0 Å². The molecule has 41 heavy (non-hydrogen) atoms. The second kappa shape index (κ2) is 14.5. The summed E-state index contributed by atoms with van der Waals surface area (Å²) in [6, 6.07) is 14.3. The number of benzene rings is 3. The molecular formula is C29H32Cl2FN3O5S. The lowest BCUT2D eigenvalue weighted by Gasteiger charge is -2.32. The van der Waals surface area contributed by atoms with Crippen molar-refractivity contribution in [3.63, 3.8) is 0 Å². The number of nitrogens with one attached hydrogen (secondary N) is 1. The Hall–Kier alpha value is -3.34. The molecule has 0 aliphatic heterocycles. The number of halogens is 3. The number of hydrogen-bond acceptors (Lipinski definition) is 5. The molecular weight excluding hydrogens is 592 g/mol. The van der Waals surface area contributed by atoms with E-state index in [1.54, 1.807) is 25.1 Å². The highest BCUT2D eigenvalue weighted by molar-refractivity contribution is 7.92. The second-order valence-electron chi connectivity index (χ2n) is 9.08. The number of rotatable bonds is 13. The van der Waals surface area contributed by atoms with E-state index >= 15 is 0 Å². The number of hydrogen-bond donors (Lipinski definition) is 1. The van der Waals surface area contributed by atoms with E-state index in [0.717, 1.165) is 16.4 Å². The van der Waals surface area contributed by atoms with E-state index in [1.165, 1.54) is 48.2 Å². The summed E-state index contributed by atoms with van der Waals surface area (Å²) < 4.78 is 47.8. The van der Waals surface area contributed by atoms with E-state index < -0.39 is 40.2 Å². The number of anilines is 1. The van der Waals surface area contributed by atoms with Crippen LogP contribution in [-0.2, 0) is 26.2 Å². The van der Waals surface area contributed by atoms with Gasteiger partial charge >= 0.3 is 0 Å². The van der Waals surface area contributed by atoms with Crippen molar-refractivity contribution >= 4 is 50.7 Å². The third kappa shape index (κ3) is 8.12. The van der Waals surface area contributed by atoms with Crippen LogP contribution in [0.5, 0.6) is 5.75 Å². The van der Waals surface area contributed by atoms with E-state index in [0.29, 0.717) is 30.9 Å². The molecule has 0 fully saturated rings. The maximum atomic E-state index is 13.9. The molecule has 3 rings (SSSR count). The maximum absolute atomic E-state index is 13.9. The number of ether oxygens (including phenoxy) is 1. The van der Waals surface area contributed by atoms with Crippen molar-refractivity contribution in [3.8, 4) is 5.75 Å². The fraction of sp³-hybridized carbons (Fsp3) is 0.310. The molecule has 0 spiro atoms. The molecule has 0 saturated carbocycles. The van der Waals surface area contributed by atoms with Crippen molar-refractivity contribution in [2.24, 2.45) is 0 Å². The Kier molecular flexibility index (Phi) is 11.4. The molecule has 3 aromatic rings. The van der Waals surface area contributed by atoms with E-state index in [1.807, 2.05) is 6.92 Å². The van der Waals surface area contributed by atoms with Gasteiger partial charge in [0.05, 0.1) is 17.2 Å². The summed E-state index contributed by atoms with van der Waals surface area (Å²) in [5.41, 5.74) is 0.467. The Morgan fingerprint density at radius 3 is 2.15 bits per heavy atom. The third-order valence-corrected chi connectivity index (χ3v) is 8.72. The lowest BCUT2D eigenvalue weighted by molar-refractivity contribution is -0.139. The normalized spacial score (nSPS) is 12.0. The topological polar surface area (TPSA) is 96.0 Å². The Labute approximate surface area is 250 Å². The minimum absolute atomic E-state index is 0.0625. The molecule has 3 aromatic carbocycles. The van der Waals surface area contributed by atoms with Gasteiger partial charge in [0.2, 0.25) is 11.8 Å². The van der Waals surface area contributed by atoms with Crippen LogP contribution in [0.1, 0.15) is 32.8 Å². The molecule has 0 aromatic heterocycles. The van der Waals surface area contributed by atoms with Crippen LogP contribution in [0, 0.1) is 5.82 Å². The van der Waals surface area contributed by atoms with E-state index in [4.69, 9.17) is 27.9 Å². The highest BCUT2D eigenvalue weighted by atomic mass is 35.5. The smallest absolute Gasteiger partial charge is 0.264 e. The van der Waals surface area contributed by atoms with Gasteiger partial charge in [-0.1, -0.05) is 36.2 Å². The van der Waals surface area contributed by atoms with Crippen molar-refractivity contribution in [2.45, 2.75) is 44.7 Å². The molecule has 1 N–H and O–H groups in total. The van der Waals surface area contributed by atoms with Crippen LogP contribution < -0.4 is 14.4 Å². The second-order valence-corrected chi connectivity index (χ2v) is 11.8. The van der Waals surface area contributed by atoms with Gasteiger partial charge < -0.3 is 15.0 Å². The van der Waals surface area contributed by atoms with E-state index in [9.17, 15) is 22.4 Å². The third-order valence-electron chi connectivity index (χ3n) is 6.22. The minimum Gasteiger partial charge on any atom is -0.494 e. The number of sulfonamides is 1. The number of carbonyl (C=O) groups excluding carboxylic acids is 2. The molecule has 0 heterocycles. The molecule has 0 radical (unpaired) electrons. The van der Waals surface area contributed by atoms with Gasteiger partial charge in [0.15, 0.2) is 0 Å². The number of nitrogens with zero attached hydrogens (tertiary/aromatic N) is 2. The van der Waals surface area contributed by atoms with Crippen LogP contribution in [0.3, 0.4) is 0 Å². The summed E-state index contributed by atoms with van der Waals surface area (Å²) >= 11 is 12.8. The summed E-state index contributed by atoms with van der Waals surface area (Å²) in [6.07, 6.45) is 0.682. The monoisotopic (exact) mass is 623 g/mol. The highest BCUT2D eigenvalue weighted by Gasteiger charge is 2.33. The predicted molar refractivity (Wildman–Crippen MR) is 158 cm³/mol. The lowest BCUT2D eigenvalue weighted by Crippen LogP contribution is -2.51. The van der Waals surface area contributed by atoms with Crippen LogP contribution in [0.15, 0.2) is 71.6 Å². The zero-order valence-corrected chi connectivity index (χ0v) is 25.3. The van der Waals surface area contributed by atoms with Gasteiger partial charge in [-0.3, -0.25) is 13.9 Å². The average Bonchev–Trinajstić information content (AvgIpc) is 2.95. The summed E-state index contributed by atoms with van der Waals surface area (Å²) in [4.78, 5) is 28.0. The van der Waals surface area contributed by atoms with Crippen LogP contribution in [0.2, 0.25) is 10.0 Å². The molecule has 0 bridgehead atoms. The van der Waals surface area contributed by atoms with Gasteiger partial charge in [0.25, 0.3) is 10.0 Å². The van der Waals surface area contributed by atoms with Gasteiger partial charge in [0, 0.05) is 28.7 Å². The van der Waals surface area contributed by atoms with Crippen molar-refractivity contribution < 1.29 is 27.1 Å². The van der Waals surface area contributed by atoms with Gasteiger partial charge in [-0.25, -0.2) is 12.8 Å². The van der Waals surface area contributed by atoms with Gasteiger partial charge in [0.1, 0.15) is 24.2 Å². The van der Waals surface area contributed by atoms with Crippen molar-refractivity contribution in [2.75, 3.05) is 24.0 Å². The first-order chi connectivity index (χ1) is 19.5. The molecule has 1 unspecified atom stereocenters. The highest BCUT2D eigenvalue weighted by Crippen LogP contribution is 2.29. The average molecular weight is 625 g/mol. The molecule has 2 amide bonds. The largest absolute Gasteiger partial charge is 0.494 e. The quantitative estimate of drug-likeness (QED) is 0.265. The van der Waals surface area contributed by atoms with Crippen LogP contribution >= 0.6 is 23.2 Å². The first kappa shape index (κ1) is 32.2. The zero-order chi connectivity index (χ0) is 30.2. The van der Waals surface area contributed by atoms with Gasteiger partial charge in [-0.15, -0.1) is 0 Å². The Morgan fingerprint density at radius 1 is 0.976 bits per heavy atom. The molecule has 0 aliphatic carbocycles. The number of carbonyl (C=O) groups is 2. The van der Waals surface area contributed by atoms with Crippen LogP contribution in [0.4, 0.5) is 10.1 Å². The first-order valence-corrected chi connectivity index (χ1v) is 15.2.